The highest BCUT2D eigenvalue weighted by atomic mass is 19.4. The molecular formula is C27H27F7N6O4. The number of halogens is 7. The van der Waals surface area contributed by atoms with Gasteiger partial charge in [0.05, 0.1) is 41.6 Å². The van der Waals surface area contributed by atoms with E-state index in [1.165, 1.54) is 24.7 Å². The smallest absolute Gasteiger partial charge is 0.397 e. The molecule has 0 saturated carbocycles. The maximum Gasteiger partial charge on any atom is 0.423 e. The monoisotopic (exact) mass is 632 g/mol. The quantitative estimate of drug-likeness (QED) is 0.180. The minimum atomic E-state index is -4.74. The fourth-order valence-electron chi connectivity index (χ4n) is 3.89. The largest absolute Gasteiger partial charge is 0.423 e. The summed E-state index contributed by atoms with van der Waals surface area (Å²) in [6, 6.07) is 4.04. The van der Waals surface area contributed by atoms with Gasteiger partial charge in [-0.05, 0) is 50.3 Å². The lowest BCUT2D eigenvalue weighted by atomic mass is 10.0. The normalized spacial score (nSPS) is 12.7. The minimum absolute atomic E-state index is 0.0531. The lowest BCUT2D eigenvalue weighted by Gasteiger charge is -2.16. The molecule has 1 aromatic carbocycles. The number of nitrogens with two attached hydrogens (primary N) is 1. The highest BCUT2D eigenvalue weighted by Crippen LogP contribution is 2.29. The highest BCUT2D eigenvalue weighted by molar-refractivity contribution is 5.86. The van der Waals surface area contributed by atoms with Crippen molar-refractivity contribution < 1.29 is 40.6 Å². The van der Waals surface area contributed by atoms with E-state index in [1.807, 2.05) is 0 Å². The standard InChI is InChI=1S/C22H23F4N3O3.C5H4F3N3O/c1-22(2,31)14-10-27-19(28-11-14)17-8-13-5-6-29(20(30)16(13)9-18(17)24)12-15(23)4-3-7-32-21(25)26;6-5(7,8)3-2(9)1-10-11-4(3)12/h5-6,8-11,15,21,31H,3-4,7,12H2,1-2H3;1H,(H3,9,11,12). The molecule has 3 aromatic heterocycles. The summed E-state index contributed by atoms with van der Waals surface area (Å²) < 4.78 is 93.9. The molecule has 10 nitrogen and oxygen atoms in total. The van der Waals surface area contributed by atoms with Gasteiger partial charge in [0.25, 0.3) is 11.1 Å². The second kappa shape index (κ2) is 13.9. The van der Waals surface area contributed by atoms with Crippen LogP contribution >= 0.6 is 0 Å². The van der Waals surface area contributed by atoms with E-state index in [0.717, 1.165) is 16.8 Å². The number of aromatic amines is 1. The fourth-order valence-corrected chi connectivity index (χ4v) is 3.89. The Labute approximate surface area is 244 Å². The van der Waals surface area contributed by atoms with Gasteiger partial charge >= 0.3 is 12.8 Å². The number of rotatable bonds is 9. The number of nitrogen functional groups attached to an aromatic ring is 1. The number of hydrogen-bond acceptors (Lipinski definition) is 8. The Morgan fingerprint density at radius 2 is 1.75 bits per heavy atom. The summed E-state index contributed by atoms with van der Waals surface area (Å²) in [4.78, 5) is 31.5. The summed E-state index contributed by atoms with van der Waals surface area (Å²) in [6.07, 6.45) is -1.22. The maximum atomic E-state index is 14.8. The average molecular weight is 633 g/mol. The van der Waals surface area contributed by atoms with Crippen LogP contribution in [0.15, 0.2) is 52.6 Å². The summed E-state index contributed by atoms with van der Waals surface area (Å²) in [6.45, 7) is -0.314. The van der Waals surface area contributed by atoms with Crippen LogP contribution in [0, 0.1) is 5.82 Å². The van der Waals surface area contributed by atoms with E-state index in [0.29, 0.717) is 10.9 Å². The maximum absolute atomic E-state index is 14.8. The van der Waals surface area contributed by atoms with Crippen LogP contribution in [0.2, 0.25) is 0 Å². The molecule has 238 valence electrons. The van der Waals surface area contributed by atoms with Crippen LogP contribution in [0.5, 0.6) is 0 Å². The molecular weight excluding hydrogens is 605 g/mol. The molecule has 0 spiro atoms. The van der Waals surface area contributed by atoms with Gasteiger partial charge in [-0.25, -0.2) is 23.8 Å². The molecule has 0 aliphatic carbocycles. The number of ether oxygens (including phenoxy) is 1. The van der Waals surface area contributed by atoms with Crippen molar-refractivity contribution in [2.45, 2.75) is 57.8 Å². The van der Waals surface area contributed by atoms with Gasteiger partial charge in [-0.3, -0.25) is 9.59 Å². The van der Waals surface area contributed by atoms with Gasteiger partial charge in [0.15, 0.2) is 5.82 Å². The van der Waals surface area contributed by atoms with Crippen molar-refractivity contribution in [2.75, 3.05) is 12.3 Å². The molecule has 0 aliphatic rings. The Morgan fingerprint density at radius 1 is 1.09 bits per heavy atom. The van der Waals surface area contributed by atoms with Crippen molar-refractivity contribution in [1.82, 2.24) is 24.7 Å². The van der Waals surface area contributed by atoms with E-state index in [9.17, 15) is 45.4 Å². The Morgan fingerprint density at radius 3 is 2.30 bits per heavy atom. The fraction of sp³-hybridized carbons (Fsp3) is 0.370. The molecule has 1 atom stereocenters. The van der Waals surface area contributed by atoms with E-state index in [1.54, 1.807) is 25.0 Å². The molecule has 0 amide bonds. The number of nitrogens with one attached hydrogen (secondary N) is 1. The van der Waals surface area contributed by atoms with E-state index in [4.69, 9.17) is 5.73 Å². The Balaban J connectivity index is 0.000000369. The SMILES string of the molecule is CC(C)(O)c1cnc(-c2cc3ccn(CC(F)CCCOC(F)F)c(=O)c3cc2F)nc1.Nc1cn[nH]c(=O)c1C(F)(F)F. The third-order valence-corrected chi connectivity index (χ3v) is 6.13. The predicted octanol–water partition coefficient (Wildman–Crippen LogP) is 4.55. The van der Waals surface area contributed by atoms with Gasteiger partial charge in [0.1, 0.15) is 17.6 Å². The van der Waals surface area contributed by atoms with E-state index < -0.39 is 52.7 Å². The average Bonchev–Trinajstić information content (AvgIpc) is 2.92. The predicted molar refractivity (Wildman–Crippen MR) is 145 cm³/mol. The summed E-state index contributed by atoms with van der Waals surface area (Å²) >= 11 is 0. The van der Waals surface area contributed by atoms with Gasteiger partial charge in [-0.15, -0.1) is 0 Å². The van der Waals surface area contributed by atoms with Crippen molar-refractivity contribution in [1.29, 1.82) is 0 Å². The zero-order chi connectivity index (χ0) is 32.8. The second-order valence-electron chi connectivity index (χ2n) is 9.95. The lowest BCUT2D eigenvalue weighted by Crippen LogP contribution is -2.24. The first-order valence-corrected chi connectivity index (χ1v) is 12.8. The molecule has 0 radical (unpaired) electrons. The summed E-state index contributed by atoms with van der Waals surface area (Å²) in [5.74, 6) is -0.624. The molecule has 0 bridgehead atoms. The van der Waals surface area contributed by atoms with Gasteiger partial charge in [0.2, 0.25) is 0 Å². The van der Waals surface area contributed by atoms with Gasteiger partial charge < -0.3 is 20.1 Å². The third kappa shape index (κ3) is 8.82. The number of hydrogen-bond donors (Lipinski definition) is 3. The second-order valence-corrected chi connectivity index (χ2v) is 9.95. The number of aromatic nitrogens is 5. The first-order valence-electron chi connectivity index (χ1n) is 12.8. The number of benzene rings is 1. The van der Waals surface area contributed by atoms with Crippen molar-refractivity contribution >= 4 is 16.5 Å². The number of fused-ring (bicyclic) bond motifs is 1. The molecule has 0 saturated heterocycles. The number of anilines is 1. The number of nitrogens with zero attached hydrogens (tertiary/aromatic N) is 4. The van der Waals surface area contributed by atoms with E-state index in [2.05, 4.69) is 19.8 Å². The van der Waals surface area contributed by atoms with Crippen LogP contribution in [-0.2, 0) is 23.1 Å². The summed E-state index contributed by atoms with van der Waals surface area (Å²) in [5.41, 5.74) is 0.327. The number of aliphatic hydroxyl groups is 1. The molecule has 44 heavy (non-hydrogen) atoms. The zero-order valence-corrected chi connectivity index (χ0v) is 23.2. The molecule has 0 fully saturated rings. The molecule has 4 N–H and O–H groups in total. The molecule has 4 rings (SSSR count). The van der Waals surface area contributed by atoms with Crippen LogP contribution in [0.1, 0.15) is 37.8 Å². The van der Waals surface area contributed by atoms with Crippen LogP contribution in [0.4, 0.5) is 36.4 Å². The van der Waals surface area contributed by atoms with Crippen molar-refractivity contribution in [3.8, 4) is 11.4 Å². The third-order valence-electron chi connectivity index (χ3n) is 6.13. The van der Waals surface area contributed by atoms with E-state index in [-0.39, 0.29) is 42.8 Å². The van der Waals surface area contributed by atoms with Crippen molar-refractivity contribution in [2.24, 2.45) is 0 Å². The van der Waals surface area contributed by atoms with Gasteiger partial charge in [-0.1, -0.05) is 0 Å². The van der Waals surface area contributed by atoms with Crippen LogP contribution in [-0.4, -0.2) is 49.2 Å². The van der Waals surface area contributed by atoms with Gasteiger partial charge in [-0.2, -0.15) is 27.1 Å². The molecule has 17 heteroatoms. The van der Waals surface area contributed by atoms with Crippen molar-refractivity contribution in [3.05, 3.63) is 80.6 Å². The van der Waals surface area contributed by atoms with Crippen LogP contribution in [0.25, 0.3) is 22.2 Å². The van der Waals surface area contributed by atoms with Crippen molar-refractivity contribution in [3.63, 3.8) is 0 Å². The number of H-pyrrole nitrogens is 1. The van der Waals surface area contributed by atoms with E-state index >= 15 is 0 Å². The Hall–Kier alpha value is -4.38. The lowest BCUT2D eigenvalue weighted by molar-refractivity contribution is -0.138. The molecule has 1 unspecified atom stereocenters. The minimum Gasteiger partial charge on any atom is -0.397 e. The number of pyridine rings is 1. The van der Waals surface area contributed by atoms with Crippen LogP contribution < -0.4 is 16.9 Å². The first-order chi connectivity index (χ1) is 20.5. The Bertz CT molecular complexity index is 1690. The molecule has 0 aliphatic heterocycles. The zero-order valence-electron chi connectivity index (χ0n) is 23.2. The van der Waals surface area contributed by atoms with Crippen LogP contribution in [0.3, 0.4) is 0 Å². The Kier molecular flexibility index (Phi) is 10.8. The summed E-state index contributed by atoms with van der Waals surface area (Å²) in [5, 5.41) is 15.2. The van der Waals surface area contributed by atoms with Gasteiger partial charge in [0, 0.05) is 24.2 Å². The molecule has 4 aromatic rings. The highest BCUT2D eigenvalue weighted by Gasteiger charge is 2.36. The summed E-state index contributed by atoms with van der Waals surface area (Å²) in [7, 11) is 0. The first kappa shape index (κ1) is 34.1. The number of alkyl halides is 6. The topological polar surface area (TPSA) is 149 Å². The molecule has 3 heterocycles.